The van der Waals surface area contributed by atoms with Crippen LogP contribution in [0, 0.1) is 0 Å². The van der Waals surface area contributed by atoms with Crippen LogP contribution >= 0.6 is 0 Å². The molecular formula is C14H16O4S. The highest BCUT2D eigenvalue weighted by Gasteiger charge is 2.03. The van der Waals surface area contributed by atoms with E-state index in [1.807, 2.05) is 6.07 Å². The summed E-state index contributed by atoms with van der Waals surface area (Å²) >= 11 is 0. The minimum atomic E-state index is -2.84. The van der Waals surface area contributed by atoms with Gasteiger partial charge in [0.1, 0.15) is 16.4 Å². The van der Waals surface area contributed by atoms with Crippen LogP contribution in [0.4, 0.5) is 0 Å². The Balaban J connectivity index is 0.000000200. The number of thiol groups is 1. The number of phenolic OH excluding ortho intramolecular Hbond substituents is 2. The average molecular weight is 280 g/mol. The predicted octanol–water partition coefficient (Wildman–Crippen LogP) is 2.32. The minimum absolute atomic E-state index is 0.183. The lowest BCUT2D eigenvalue weighted by Gasteiger charge is -1.95. The normalized spacial score (nSPS) is 9.79. The summed E-state index contributed by atoms with van der Waals surface area (Å²) in [4.78, 5) is -0.264. The summed E-state index contributed by atoms with van der Waals surface area (Å²) in [6, 6.07) is 13.8. The Kier molecular flexibility index (Phi) is 5.89. The van der Waals surface area contributed by atoms with Crippen molar-refractivity contribution < 1.29 is 18.6 Å². The summed E-state index contributed by atoms with van der Waals surface area (Å²) in [6.45, 7) is 2.16. The number of benzene rings is 2. The number of rotatable bonds is 2. The summed E-state index contributed by atoms with van der Waals surface area (Å²) in [5, 5.41) is 17.7. The number of aryl methyl sites for hydroxylation is 1. The van der Waals surface area contributed by atoms with Crippen LogP contribution in [-0.4, -0.2) is 18.6 Å². The summed E-state index contributed by atoms with van der Waals surface area (Å²) in [5.74, 6) is -0.532. The molecule has 0 aromatic heterocycles. The zero-order valence-electron chi connectivity index (χ0n) is 10.5. The SMILES string of the molecule is CCc1ccccc1.O=[SH](=O)c1cc(O)ccc1O. The van der Waals surface area contributed by atoms with Gasteiger partial charge in [0.05, 0.1) is 0 Å². The van der Waals surface area contributed by atoms with E-state index in [0.29, 0.717) is 0 Å². The van der Waals surface area contributed by atoms with E-state index in [4.69, 9.17) is 10.2 Å². The maximum Gasteiger partial charge on any atom is 0.172 e. The molecule has 2 aromatic rings. The summed E-state index contributed by atoms with van der Waals surface area (Å²) in [5.41, 5.74) is 1.41. The highest BCUT2D eigenvalue weighted by Crippen LogP contribution is 2.22. The van der Waals surface area contributed by atoms with Crippen molar-refractivity contribution >= 4 is 10.7 Å². The number of phenols is 2. The molecule has 2 N–H and O–H groups in total. The molecule has 0 radical (unpaired) electrons. The molecule has 19 heavy (non-hydrogen) atoms. The average Bonchev–Trinajstić information content (AvgIpc) is 2.43. The number of hydrogen-bond acceptors (Lipinski definition) is 4. The lowest BCUT2D eigenvalue weighted by atomic mass is 10.2. The van der Waals surface area contributed by atoms with Crippen molar-refractivity contribution in [3.05, 3.63) is 54.1 Å². The quantitative estimate of drug-likeness (QED) is 0.583. The van der Waals surface area contributed by atoms with E-state index in [9.17, 15) is 8.42 Å². The first kappa shape index (κ1) is 15.0. The highest BCUT2D eigenvalue weighted by atomic mass is 32.2. The minimum Gasteiger partial charge on any atom is -0.508 e. The molecule has 0 unspecified atom stereocenters. The van der Waals surface area contributed by atoms with E-state index in [2.05, 4.69) is 31.2 Å². The topological polar surface area (TPSA) is 74.6 Å². The third-order valence-electron chi connectivity index (χ3n) is 2.41. The molecule has 0 saturated heterocycles. The zero-order chi connectivity index (χ0) is 14.3. The number of aromatic hydroxyl groups is 2. The Hall–Kier alpha value is -2.01. The van der Waals surface area contributed by atoms with Crippen molar-refractivity contribution in [2.75, 3.05) is 0 Å². The van der Waals surface area contributed by atoms with Gasteiger partial charge in [0.25, 0.3) is 0 Å². The van der Waals surface area contributed by atoms with Gasteiger partial charge in [-0.05, 0) is 24.1 Å². The molecule has 102 valence electrons. The van der Waals surface area contributed by atoms with Crippen molar-refractivity contribution in [2.45, 2.75) is 18.2 Å². The third-order valence-corrected chi connectivity index (χ3v) is 3.16. The van der Waals surface area contributed by atoms with E-state index in [1.165, 1.54) is 11.6 Å². The molecule has 0 aliphatic rings. The summed E-state index contributed by atoms with van der Waals surface area (Å²) in [6.07, 6.45) is 1.14. The van der Waals surface area contributed by atoms with Crippen molar-refractivity contribution in [2.24, 2.45) is 0 Å². The lowest BCUT2D eigenvalue weighted by Crippen LogP contribution is -1.80. The molecule has 0 saturated carbocycles. The molecule has 5 heteroatoms. The van der Waals surface area contributed by atoms with Crippen LogP contribution in [0.25, 0.3) is 0 Å². The van der Waals surface area contributed by atoms with Gasteiger partial charge in [-0.3, -0.25) is 0 Å². The van der Waals surface area contributed by atoms with Gasteiger partial charge in [-0.25, -0.2) is 8.42 Å². The van der Waals surface area contributed by atoms with Crippen LogP contribution < -0.4 is 0 Å². The van der Waals surface area contributed by atoms with Gasteiger partial charge in [-0.2, -0.15) is 0 Å². The van der Waals surface area contributed by atoms with E-state index in [0.717, 1.165) is 18.6 Å². The fourth-order valence-corrected chi connectivity index (χ4v) is 1.87. The molecule has 0 bridgehead atoms. The highest BCUT2D eigenvalue weighted by molar-refractivity contribution is 7.72. The Morgan fingerprint density at radius 3 is 2.05 bits per heavy atom. The van der Waals surface area contributed by atoms with Crippen LogP contribution in [0.15, 0.2) is 53.4 Å². The maximum absolute atomic E-state index is 10.3. The van der Waals surface area contributed by atoms with Crippen molar-refractivity contribution in [1.82, 2.24) is 0 Å². The lowest BCUT2D eigenvalue weighted by molar-refractivity contribution is 0.446. The van der Waals surface area contributed by atoms with Crippen LogP contribution in [0.3, 0.4) is 0 Å². The molecule has 2 rings (SSSR count). The van der Waals surface area contributed by atoms with Crippen molar-refractivity contribution in [3.8, 4) is 11.5 Å². The molecular weight excluding hydrogens is 264 g/mol. The first-order chi connectivity index (χ1) is 9.04. The van der Waals surface area contributed by atoms with Gasteiger partial charge < -0.3 is 10.2 Å². The van der Waals surface area contributed by atoms with Crippen LogP contribution in [0.5, 0.6) is 11.5 Å². The van der Waals surface area contributed by atoms with Crippen LogP contribution in [0.2, 0.25) is 0 Å². The third kappa shape index (κ3) is 5.01. The fraction of sp³-hybridized carbons (Fsp3) is 0.143. The Bertz CT molecular complexity index is 584. The van der Waals surface area contributed by atoms with Gasteiger partial charge >= 0.3 is 0 Å². The molecule has 0 heterocycles. The molecule has 0 amide bonds. The smallest absolute Gasteiger partial charge is 0.172 e. The Morgan fingerprint density at radius 2 is 1.63 bits per heavy atom. The van der Waals surface area contributed by atoms with E-state index in [1.54, 1.807) is 0 Å². The Labute approximate surface area is 113 Å². The van der Waals surface area contributed by atoms with Gasteiger partial charge in [-0.1, -0.05) is 37.3 Å². The monoisotopic (exact) mass is 280 g/mol. The Morgan fingerprint density at radius 1 is 1.00 bits per heavy atom. The summed E-state index contributed by atoms with van der Waals surface area (Å²) in [7, 11) is -2.84. The van der Waals surface area contributed by atoms with Gasteiger partial charge in [0, 0.05) is 6.07 Å². The fourth-order valence-electron chi connectivity index (χ4n) is 1.37. The summed E-state index contributed by atoms with van der Waals surface area (Å²) < 4.78 is 20.7. The van der Waals surface area contributed by atoms with Gasteiger partial charge in [0.2, 0.25) is 0 Å². The second-order valence-corrected chi connectivity index (χ2v) is 4.77. The molecule has 0 aliphatic heterocycles. The first-order valence-corrected chi connectivity index (χ1v) is 6.92. The zero-order valence-corrected chi connectivity index (χ0v) is 11.4. The predicted molar refractivity (Wildman–Crippen MR) is 74.2 cm³/mol. The molecule has 4 nitrogen and oxygen atoms in total. The largest absolute Gasteiger partial charge is 0.508 e. The maximum atomic E-state index is 10.3. The first-order valence-electron chi connectivity index (χ1n) is 5.75. The molecule has 2 aromatic carbocycles. The van der Waals surface area contributed by atoms with Crippen LogP contribution in [-0.2, 0) is 17.1 Å². The number of hydrogen-bond donors (Lipinski definition) is 3. The standard InChI is InChI=1S/C8H10.C6H6O4S/c1-2-8-6-4-3-5-7-8;7-4-1-2-5(8)6(3-4)11(9)10/h3-7H,2H2,1H3;1-3,7-8,11H. The van der Waals surface area contributed by atoms with E-state index >= 15 is 0 Å². The second kappa shape index (κ2) is 7.43. The van der Waals surface area contributed by atoms with Gasteiger partial charge in [0.15, 0.2) is 10.7 Å². The van der Waals surface area contributed by atoms with E-state index < -0.39 is 10.7 Å². The van der Waals surface area contributed by atoms with Crippen molar-refractivity contribution in [3.63, 3.8) is 0 Å². The van der Waals surface area contributed by atoms with Crippen molar-refractivity contribution in [1.29, 1.82) is 0 Å². The molecule has 0 atom stereocenters. The molecule has 0 spiro atoms. The second-order valence-electron chi connectivity index (χ2n) is 3.77. The van der Waals surface area contributed by atoms with E-state index in [-0.39, 0.29) is 16.4 Å². The van der Waals surface area contributed by atoms with Gasteiger partial charge in [-0.15, -0.1) is 0 Å². The van der Waals surface area contributed by atoms with Crippen LogP contribution in [0.1, 0.15) is 12.5 Å². The molecule has 0 fully saturated rings. The molecule has 0 aliphatic carbocycles.